The number of aromatic nitrogens is 8. The first kappa shape index (κ1) is 44.4. The van der Waals surface area contributed by atoms with Crippen molar-refractivity contribution < 1.29 is 14.3 Å². The number of imidazole rings is 2. The molecular weight excluding hydrogens is 852 g/mol. The summed E-state index contributed by atoms with van der Waals surface area (Å²) >= 11 is 12.2. The Morgan fingerprint density at radius 3 is 1.67 bits per heavy atom. The van der Waals surface area contributed by atoms with Gasteiger partial charge in [-0.05, 0) is 79.6 Å². The third-order valence-corrected chi connectivity index (χ3v) is 10.4. The lowest BCUT2D eigenvalue weighted by Gasteiger charge is -2.07. The zero-order valence-electron chi connectivity index (χ0n) is 34.7. The van der Waals surface area contributed by atoms with Gasteiger partial charge in [0.05, 0.1) is 47.3 Å². The van der Waals surface area contributed by atoms with Crippen LogP contribution in [0, 0.1) is 0 Å². The molecule has 0 aliphatic carbocycles. The van der Waals surface area contributed by atoms with Crippen LogP contribution in [0.2, 0.25) is 10.0 Å². The smallest absolute Gasteiger partial charge is 0.248 e. The van der Waals surface area contributed by atoms with Gasteiger partial charge in [-0.25, -0.2) is 29.9 Å². The molecule has 0 aliphatic heterocycles. The number of primary amides is 2. The number of nitrogens with two attached hydrogens (primary N) is 2. The molecule has 17 heteroatoms. The van der Waals surface area contributed by atoms with Crippen LogP contribution < -0.4 is 26.8 Å². The number of rotatable bonds is 17. The minimum Gasteiger partial charge on any atom is -0.497 e. The highest BCUT2D eigenvalue weighted by Gasteiger charge is 2.10. The predicted molar refractivity (Wildman–Crippen MR) is 250 cm³/mol. The van der Waals surface area contributed by atoms with Crippen molar-refractivity contribution in [2.24, 2.45) is 11.5 Å². The fraction of sp³-hybridized carbons (Fsp3) is 0.149. The lowest BCUT2D eigenvalue weighted by molar-refractivity contribution is 0.0992. The molecule has 0 fully saturated rings. The standard InChI is InChI=1S/C24H24N6O2.C23H20Cl2N6O/c1-32-19-5-2-4-18(14-19)21-15-28-22(29-21)6-3-12-26-24-27-13-11-20(30-24)16-7-9-17(10-8-16)23(25)31;24-16-7-8-17(18(25)12-16)20-13-29-21(30-20)2-1-10-27-23-28-11-9-19(31-23)14-3-5-15(6-4-14)22(26)32/h2,4-5,7-11,13-15H,3,6,12H2,1H3,(H2,25,31)(H,28,29)(H,26,27,30);3-9,11-13H,1-2,10H2,(H2,26,32)(H,29,30)(H,27,28,31). The van der Waals surface area contributed by atoms with Crippen molar-refractivity contribution >= 4 is 46.9 Å². The van der Waals surface area contributed by atoms with Crippen molar-refractivity contribution in [3.8, 4) is 50.8 Å². The summed E-state index contributed by atoms with van der Waals surface area (Å²) in [4.78, 5) is 55.7. The SMILES string of the molecule is COc1cccc(-c2cnc(CCCNc3nccc(-c4ccc(C(N)=O)cc4)n3)[nH]2)c1.NC(=O)c1ccc(-c2ccnc(NCCCc3ncc(-c4ccc(Cl)cc4Cl)[nH]3)n2)cc1. The van der Waals surface area contributed by atoms with Crippen molar-refractivity contribution in [1.29, 1.82) is 0 Å². The van der Waals surface area contributed by atoms with E-state index in [0.717, 1.165) is 88.1 Å². The van der Waals surface area contributed by atoms with E-state index in [4.69, 9.17) is 39.4 Å². The molecule has 0 atom stereocenters. The highest BCUT2D eigenvalue weighted by Crippen LogP contribution is 2.29. The zero-order chi connectivity index (χ0) is 44.8. The van der Waals surface area contributed by atoms with Gasteiger partial charge in [-0.3, -0.25) is 9.59 Å². The van der Waals surface area contributed by atoms with E-state index in [0.29, 0.717) is 46.2 Å². The van der Waals surface area contributed by atoms with Crippen molar-refractivity contribution in [2.75, 3.05) is 30.8 Å². The Kier molecular flexibility index (Phi) is 14.9. The van der Waals surface area contributed by atoms with E-state index in [-0.39, 0.29) is 0 Å². The Bertz CT molecular complexity index is 2830. The first-order valence-corrected chi connectivity index (χ1v) is 21.0. The molecular formula is C47H44Cl2N12O3. The number of H-pyrrole nitrogens is 2. The van der Waals surface area contributed by atoms with Crippen LogP contribution in [0.3, 0.4) is 0 Å². The number of carbonyl (C=O) groups excluding carboxylic acids is 2. The lowest BCUT2D eigenvalue weighted by atomic mass is 10.1. The maximum Gasteiger partial charge on any atom is 0.248 e. The molecule has 64 heavy (non-hydrogen) atoms. The van der Waals surface area contributed by atoms with Gasteiger partial charge in [-0.1, -0.05) is 59.6 Å². The summed E-state index contributed by atoms with van der Waals surface area (Å²) in [5, 5.41) is 7.66. The van der Waals surface area contributed by atoms with Crippen LogP contribution in [0.5, 0.6) is 5.75 Å². The Hall–Kier alpha value is -7.62. The first-order chi connectivity index (χ1) is 31.1. The number of hydrogen-bond acceptors (Lipinski definition) is 11. The molecule has 0 aliphatic rings. The second kappa shape index (κ2) is 21.4. The van der Waals surface area contributed by atoms with E-state index in [1.54, 1.807) is 62.1 Å². The largest absolute Gasteiger partial charge is 0.497 e. The van der Waals surface area contributed by atoms with E-state index in [2.05, 4.69) is 50.5 Å². The molecule has 8 N–H and O–H groups in total. The van der Waals surface area contributed by atoms with E-state index in [1.807, 2.05) is 72.9 Å². The summed E-state index contributed by atoms with van der Waals surface area (Å²) in [6.07, 6.45) is 10.3. The number of carbonyl (C=O) groups is 2. The third kappa shape index (κ3) is 12.1. The van der Waals surface area contributed by atoms with Gasteiger partial charge in [0.1, 0.15) is 17.4 Å². The average Bonchev–Trinajstić information content (AvgIpc) is 4.00. The topological polar surface area (TPSA) is 228 Å². The Labute approximate surface area is 379 Å². The molecule has 15 nitrogen and oxygen atoms in total. The molecule has 8 rings (SSSR count). The van der Waals surface area contributed by atoms with Gasteiger partial charge in [0, 0.05) is 76.7 Å². The van der Waals surface area contributed by atoms with Gasteiger partial charge in [-0.2, -0.15) is 0 Å². The molecule has 4 aromatic heterocycles. The molecule has 0 bridgehead atoms. The number of halogens is 2. The summed E-state index contributed by atoms with van der Waals surface area (Å²) in [6, 6.07) is 30.9. The number of methoxy groups -OCH3 is 1. The first-order valence-electron chi connectivity index (χ1n) is 20.2. The van der Waals surface area contributed by atoms with E-state index >= 15 is 0 Å². The van der Waals surface area contributed by atoms with Crippen molar-refractivity contribution in [3.63, 3.8) is 0 Å². The Balaban J connectivity index is 0.000000191. The molecule has 324 valence electrons. The predicted octanol–water partition coefficient (Wildman–Crippen LogP) is 8.67. The highest BCUT2D eigenvalue weighted by molar-refractivity contribution is 6.36. The maximum atomic E-state index is 11.2. The van der Waals surface area contributed by atoms with Crippen LogP contribution in [0.15, 0.2) is 128 Å². The molecule has 0 spiro atoms. The van der Waals surface area contributed by atoms with Crippen LogP contribution in [-0.2, 0) is 12.8 Å². The second-order valence-corrected chi connectivity index (χ2v) is 15.2. The molecule has 4 aromatic carbocycles. The molecule has 0 saturated heterocycles. The third-order valence-electron chi connectivity index (χ3n) is 9.85. The number of aromatic amines is 2. The number of nitrogens with zero attached hydrogens (tertiary/aromatic N) is 6. The van der Waals surface area contributed by atoms with Crippen molar-refractivity contribution in [1.82, 2.24) is 39.9 Å². The van der Waals surface area contributed by atoms with Gasteiger partial charge in [-0.15, -0.1) is 0 Å². The summed E-state index contributed by atoms with van der Waals surface area (Å²) in [7, 11) is 1.66. The van der Waals surface area contributed by atoms with E-state index in [9.17, 15) is 9.59 Å². The fourth-order valence-corrected chi connectivity index (χ4v) is 7.00. The molecule has 8 aromatic rings. The number of ether oxygens (including phenoxy) is 1. The van der Waals surface area contributed by atoms with E-state index in [1.165, 1.54) is 0 Å². The van der Waals surface area contributed by atoms with Crippen molar-refractivity contribution in [3.05, 3.63) is 161 Å². The minimum atomic E-state index is -0.457. The summed E-state index contributed by atoms with van der Waals surface area (Å²) in [5.74, 6) is 2.79. The molecule has 0 unspecified atom stereocenters. The molecule has 4 heterocycles. The Morgan fingerprint density at radius 2 is 1.16 bits per heavy atom. The number of anilines is 2. The van der Waals surface area contributed by atoms with Gasteiger partial charge < -0.3 is 36.8 Å². The average molecular weight is 896 g/mol. The zero-order valence-corrected chi connectivity index (χ0v) is 36.2. The van der Waals surface area contributed by atoms with Crippen molar-refractivity contribution in [2.45, 2.75) is 25.7 Å². The normalized spacial score (nSPS) is 10.7. The van der Waals surface area contributed by atoms with Crippen LogP contribution >= 0.6 is 23.2 Å². The van der Waals surface area contributed by atoms with Crippen LogP contribution in [0.1, 0.15) is 45.2 Å². The minimum absolute atomic E-state index is 0.450. The lowest BCUT2D eigenvalue weighted by Crippen LogP contribution is -2.10. The number of aryl methyl sites for hydroxylation is 2. The van der Waals surface area contributed by atoms with Crippen LogP contribution in [-0.4, -0.2) is 71.9 Å². The number of nitrogens with one attached hydrogen (secondary N) is 4. The maximum absolute atomic E-state index is 11.2. The number of hydrogen-bond donors (Lipinski definition) is 6. The summed E-state index contributed by atoms with van der Waals surface area (Å²) < 4.78 is 5.28. The highest BCUT2D eigenvalue weighted by atomic mass is 35.5. The Morgan fingerprint density at radius 1 is 0.625 bits per heavy atom. The van der Waals surface area contributed by atoms with Gasteiger partial charge in [0.2, 0.25) is 23.7 Å². The van der Waals surface area contributed by atoms with E-state index < -0.39 is 11.8 Å². The quantitative estimate of drug-likeness (QED) is 0.0474. The molecule has 0 radical (unpaired) electrons. The number of amides is 2. The monoisotopic (exact) mass is 894 g/mol. The van der Waals surface area contributed by atoms with Gasteiger partial charge in [0.15, 0.2) is 0 Å². The summed E-state index contributed by atoms with van der Waals surface area (Å²) in [5.41, 5.74) is 18.5. The fourth-order valence-electron chi connectivity index (χ4n) is 6.49. The summed E-state index contributed by atoms with van der Waals surface area (Å²) in [6.45, 7) is 1.39. The second-order valence-electron chi connectivity index (χ2n) is 14.3. The van der Waals surface area contributed by atoms with Crippen LogP contribution in [0.4, 0.5) is 11.9 Å². The van der Waals surface area contributed by atoms with Gasteiger partial charge >= 0.3 is 0 Å². The van der Waals surface area contributed by atoms with Gasteiger partial charge in [0.25, 0.3) is 0 Å². The number of benzene rings is 4. The molecule has 0 saturated carbocycles. The molecule has 2 amide bonds. The van der Waals surface area contributed by atoms with Crippen LogP contribution in [0.25, 0.3) is 45.0 Å².